The Balaban J connectivity index is 1.83. The first kappa shape index (κ1) is 12.8. The Morgan fingerprint density at radius 3 is 3.00 bits per heavy atom. The normalized spacial score (nSPS) is 27.3. The number of hydrogen-bond donors (Lipinski definition) is 1. The summed E-state index contributed by atoms with van der Waals surface area (Å²) >= 11 is 0. The van der Waals surface area contributed by atoms with Gasteiger partial charge in [0.1, 0.15) is 0 Å². The van der Waals surface area contributed by atoms with Gasteiger partial charge in [-0.25, -0.2) is 0 Å². The zero-order valence-corrected chi connectivity index (χ0v) is 12.1. The van der Waals surface area contributed by atoms with E-state index in [0.29, 0.717) is 0 Å². The topological polar surface area (TPSA) is 15.3 Å². The summed E-state index contributed by atoms with van der Waals surface area (Å²) in [6, 6.07) is 9.61. The molecule has 0 saturated heterocycles. The van der Waals surface area contributed by atoms with Crippen molar-refractivity contribution in [3.8, 4) is 0 Å². The zero-order chi connectivity index (χ0) is 13.1. The SMILES string of the molecule is CCC1CCCC(N2CCCNc3ccccc32)C1. The van der Waals surface area contributed by atoms with E-state index in [2.05, 4.69) is 41.4 Å². The predicted molar refractivity (Wildman–Crippen MR) is 82.9 cm³/mol. The van der Waals surface area contributed by atoms with E-state index < -0.39 is 0 Å². The monoisotopic (exact) mass is 258 g/mol. The predicted octanol–water partition coefficient (Wildman–Crippen LogP) is 4.28. The Morgan fingerprint density at radius 2 is 2.11 bits per heavy atom. The highest BCUT2D eigenvalue weighted by Crippen LogP contribution is 2.36. The van der Waals surface area contributed by atoms with Gasteiger partial charge in [0.25, 0.3) is 0 Å². The summed E-state index contributed by atoms with van der Waals surface area (Å²) in [6.45, 7) is 4.67. The van der Waals surface area contributed by atoms with Crippen LogP contribution in [0.3, 0.4) is 0 Å². The molecule has 2 aliphatic rings. The summed E-state index contributed by atoms with van der Waals surface area (Å²) in [4.78, 5) is 2.69. The molecular weight excluding hydrogens is 232 g/mol. The standard InChI is InChI=1S/C17H26N2/c1-2-14-7-5-8-15(13-14)19-12-6-11-18-16-9-3-4-10-17(16)19/h3-4,9-10,14-15,18H,2,5-8,11-13H2,1H3. The molecule has 1 saturated carbocycles. The second kappa shape index (κ2) is 5.85. The van der Waals surface area contributed by atoms with E-state index in [0.717, 1.165) is 18.5 Å². The van der Waals surface area contributed by atoms with Crippen LogP contribution in [0.5, 0.6) is 0 Å². The molecule has 0 radical (unpaired) electrons. The summed E-state index contributed by atoms with van der Waals surface area (Å²) in [7, 11) is 0. The second-order valence-corrected chi connectivity index (χ2v) is 6.09. The van der Waals surface area contributed by atoms with Gasteiger partial charge in [-0.15, -0.1) is 0 Å². The molecule has 1 aromatic carbocycles. The number of fused-ring (bicyclic) bond motifs is 1. The van der Waals surface area contributed by atoms with Gasteiger partial charge >= 0.3 is 0 Å². The lowest BCUT2D eigenvalue weighted by Crippen LogP contribution is -2.39. The summed E-state index contributed by atoms with van der Waals surface area (Å²) < 4.78 is 0. The van der Waals surface area contributed by atoms with Crippen LogP contribution < -0.4 is 10.2 Å². The summed E-state index contributed by atoms with van der Waals surface area (Å²) in [5.41, 5.74) is 2.76. The molecule has 0 aromatic heterocycles. The lowest BCUT2D eigenvalue weighted by molar-refractivity contribution is 0.303. The van der Waals surface area contributed by atoms with Gasteiger partial charge in [-0.3, -0.25) is 0 Å². The Labute approximate surface area is 117 Å². The van der Waals surface area contributed by atoms with Gasteiger partial charge in [0.15, 0.2) is 0 Å². The Bertz CT molecular complexity index is 415. The van der Waals surface area contributed by atoms with Gasteiger partial charge < -0.3 is 10.2 Å². The van der Waals surface area contributed by atoms with Crippen LogP contribution in [-0.4, -0.2) is 19.1 Å². The van der Waals surface area contributed by atoms with Gasteiger partial charge in [0.2, 0.25) is 0 Å². The highest BCUT2D eigenvalue weighted by Gasteiger charge is 2.27. The van der Waals surface area contributed by atoms with E-state index in [4.69, 9.17) is 0 Å². The van der Waals surface area contributed by atoms with Crippen molar-refractivity contribution >= 4 is 11.4 Å². The van der Waals surface area contributed by atoms with Crippen LogP contribution in [0.15, 0.2) is 24.3 Å². The van der Waals surface area contributed by atoms with E-state index in [-0.39, 0.29) is 0 Å². The molecule has 1 aliphatic heterocycles. The van der Waals surface area contributed by atoms with Crippen molar-refractivity contribution in [2.24, 2.45) is 5.92 Å². The molecule has 0 amide bonds. The zero-order valence-electron chi connectivity index (χ0n) is 12.1. The molecule has 1 heterocycles. The van der Waals surface area contributed by atoms with Crippen molar-refractivity contribution in [1.82, 2.24) is 0 Å². The fourth-order valence-electron chi connectivity index (χ4n) is 3.76. The molecule has 0 spiro atoms. The summed E-state index contributed by atoms with van der Waals surface area (Å²) in [5, 5.41) is 3.58. The minimum atomic E-state index is 0.764. The van der Waals surface area contributed by atoms with Crippen LogP contribution in [0.1, 0.15) is 45.4 Å². The van der Waals surface area contributed by atoms with Crippen molar-refractivity contribution in [1.29, 1.82) is 0 Å². The molecule has 104 valence electrons. The fraction of sp³-hybridized carbons (Fsp3) is 0.647. The van der Waals surface area contributed by atoms with E-state index in [9.17, 15) is 0 Å². The van der Waals surface area contributed by atoms with E-state index >= 15 is 0 Å². The highest BCUT2D eigenvalue weighted by atomic mass is 15.2. The van der Waals surface area contributed by atoms with Crippen LogP contribution >= 0.6 is 0 Å². The fourth-order valence-corrected chi connectivity index (χ4v) is 3.76. The third-order valence-electron chi connectivity index (χ3n) is 4.88. The number of rotatable bonds is 2. The maximum Gasteiger partial charge on any atom is 0.0604 e. The molecule has 2 nitrogen and oxygen atoms in total. The molecule has 2 heteroatoms. The summed E-state index contributed by atoms with van der Waals surface area (Å²) in [6.07, 6.45) is 8.23. The maximum atomic E-state index is 3.58. The van der Waals surface area contributed by atoms with Crippen molar-refractivity contribution in [3.05, 3.63) is 24.3 Å². The number of nitrogens with one attached hydrogen (secondary N) is 1. The van der Waals surface area contributed by atoms with Crippen LogP contribution in [0.4, 0.5) is 11.4 Å². The van der Waals surface area contributed by atoms with E-state index in [1.54, 1.807) is 0 Å². The maximum absolute atomic E-state index is 3.58. The van der Waals surface area contributed by atoms with Crippen LogP contribution in [0.25, 0.3) is 0 Å². The molecule has 1 fully saturated rings. The molecule has 0 bridgehead atoms. The van der Waals surface area contributed by atoms with Gasteiger partial charge in [0.05, 0.1) is 11.4 Å². The summed E-state index contributed by atoms with van der Waals surface area (Å²) in [5.74, 6) is 0.946. The van der Waals surface area contributed by atoms with E-state index in [1.807, 2.05) is 0 Å². The number of anilines is 2. The average molecular weight is 258 g/mol. The Hall–Kier alpha value is -1.18. The second-order valence-electron chi connectivity index (χ2n) is 6.09. The molecule has 1 N–H and O–H groups in total. The van der Waals surface area contributed by atoms with Crippen LogP contribution in [-0.2, 0) is 0 Å². The highest BCUT2D eigenvalue weighted by molar-refractivity contribution is 5.71. The third kappa shape index (κ3) is 2.72. The Morgan fingerprint density at radius 1 is 1.21 bits per heavy atom. The van der Waals surface area contributed by atoms with Crippen LogP contribution in [0.2, 0.25) is 0 Å². The molecule has 2 unspecified atom stereocenters. The molecule has 3 rings (SSSR count). The number of hydrogen-bond acceptors (Lipinski definition) is 2. The lowest BCUT2D eigenvalue weighted by Gasteiger charge is -2.38. The minimum absolute atomic E-state index is 0.764. The van der Waals surface area contributed by atoms with Crippen molar-refractivity contribution < 1.29 is 0 Å². The minimum Gasteiger partial charge on any atom is -0.383 e. The molecule has 2 atom stereocenters. The Kier molecular flexibility index (Phi) is 3.95. The van der Waals surface area contributed by atoms with E-state index in [1.165, 1.54) is 56.4 Å². The lowest BCUT2D eigenvalue weighted by atomic mass is 9.83. The van der Waals surface area contributed by atoms with Crippen molar-refractivity contribution in [2.75, 3.05) is 23.3 Å². The largest absolute Gasteiger partial charge is 0.383 e. The molecule has 1 aromatic rings. The quantitative estimate of drug-likeness (QED) is 0.852. The first-order valence-electron chi connectivity index (χ1n) is 7.98. The molecule has 19 heavy (non-hydrogen) atoms. The molecule has 1 aliphatic carbocycles. The van der Waals surface area contributed by atoms with Gasteiger partial charge in [-0.1, -0.05) is 38.3 Å². The van der Waals surface area contributed by atoms with Gasteiger partial charge in [0, 0.05) is 19.1 Å². The smallest absolute Gasteiger partial charge is 0.0604 e. The van der Waals surface area contributed by atoms with Gasteiger partial charge in [-0.2, -0.15) is 0 Å². The van der Waals surface area contributed by atoms with Gasteiger partial charge in [-0.05, 0) is 37.3 Å². The number of nitrogens with zero attached hydrogens (tertiary/aromatic N) is 1. The van der Waals surface area contributed by atoms with Crippen LogP contribution in [0, 0.1) is 5.92 Å². The number of benzene rings is 1. The third-order valence-corrected chi connectivity index (χ3v) is 4.88. The number of para-hydroxylation sites is 2. The average Bonchev–Trinajstić information content (AvgIpc) is 2.69. The van der Waals surface area contributed by atoms with Crippen molar-refractivity contribution in [2.45, 2.75) is 51.5 Å². The first-order valence-corrected chi connectivity index (χ1v) is 7.98. The molecular formula is C17H26N2. The first-order chi connectivity index (χ1) is 9.38. The van der Waals surface area contributed by atoms with Crippen molar-refractivity contribution in [3.63, 3.8) is 0 Å².